The minimum atomic E-state index is -0.0658. The van der Waals surface area contributed by atoms with Crippen LogP contribution in [0.4, 0.5) is 0 Å². The summed E-state index contributed by atoms with van der Waals surface area (Å²) in [6.45, 7) is 4.54. The van der Waals surface area contributed by atoms with Gasteiger partial charge < -0.3 is 0 Å². The van der Waals surface area contributed by atoms with Crippen molar-refractivity contribution in [1.29, 1.82) is 0 Å². The van der Waals surface area contributed by atoms with Gasteiger partial charge in [-0.2, -0.15) is 0 Å². The van der Waals surface area contributed by atoms with Crippen LogP contribution in [0.2, 0.25) is 0 Å². The zero-order chi connectivity index (χ0) is 15.9. The van der Waals surface area contributed by atoms with E-state index in [2.05, 4.69) is 89.0 Å². The second-order valence-corrected chi connectivity index (χ2v) is 8.21. The second-order valence-electron chi connectivity index (χ2n) is 6.56. The van der Waals surface area contributed by atoms with Gasteiger partial charge in [0.25, 0.3) is 0 Å². The van der Waals surface area contributed by atoms with Gasteiger partial charge in [0.05, 0.1) is 0 Å². The topological polar surface area (TPSA) is 37.8 Å². The zero-order valence-electron chi connectivity index (χ0n) is 13.2. The van der Waals surface area contributed by atoms with Crippen molar-refractivity contribution >= 4 is 14.7 Å². The van der Waals surface area contributed by atoms with Gasteiger partial charge in [0, 0.05) is 0 Å². The summed E-state index contributed by atoms with van der Waals surface area (Å²) in [5.74, 6) is 0. The number of hydrogen-bond acceptors (Lipinski definition) is 3. The summed E-state index contributed by atoms with van der Waals surface area (Å²) in [6.07, 6.45) is 0. The Morgan fingerprint density at radius 1 is 0.913 bits per heavy atom. The van der Waals surface area contributed by atoms with E-state index in [1.165, 1.54) is 21.3 Å². The molecule has 0 aliphatic carbocycles. The number of nitrogens with one attached hydrogen (secondary N) is 1. The van der Waals surface area contributed by atoms with Crippen molar-refractivity contribution in [2.45, 2.75) is 31.3 Å². The maximum absolute atomic E-state index is 4.55. The second kappa shape index (κ2) is 5.72. The van der Waals surface area contributed by atoms with Crippen LogP contribution in [0.1, 0.15) is 47.2 Å². The van der Waals surface area contributed by atoms with Gasteiger partial charge >= 0.3 is 143 Å². The van der Waals surface area contributed by atoms with Crippen LogP contribution in [0.5, 0.6) is 0 Å². The molecule has 1 N–H and O–H groups in total. The first-order valence-electron chi connectivity index (χ1n) is 7.86. The molecule has 1 aliphatic rings. The summed E-state index contributed by atoms with van der Waals surface area (Å²) in [4.78, 5) is 0. The number of rotatable bonds is 2. The molecule has 2 unspecified atom stereocenters. The Morgan fingerprint density at radius 3 is 2.17 bits per heavy atom. The Kier molecular flexibility index (Phi) is 3.68. The molecular weight excluding hydrogens is 349 g/mol. The molecule has 0 fully saturated rings. The van der Waals surface area contributed by atoms with Crippen LogP contribution in [0.15, 0.2) is 60.7 Å². The van der Waals surface area contributed by atoms with E-state index in [1.807, 2.05) is 0 Å². The fourth-order valence-electron chi connectivity index (χ4n) is 3.47. The number of hydrogen-bond donors (Lipinski definition) is 1. The summed E-state index contributed by atoms with van der Waals surface area (Å²) >= 11 is 0.0990. The number of nitrogens with zero attached hydrogens (tertiary/aromatic N) is 2. The third-order valence-electron chi connectivity index (χ3n) is 4.71. The molecule has 1 aliphatic heterocycles. The average molecular weight is 368 g/mol. The molecule has 0 saturated heterocycles. The van der Waals surface area contributed by atoms with Crippen LogP contribution >= 0.6 is 0 Å². The van der Waals surface area contributed by atoms with Gasteiger partial charge in [-0.05, 0) is 0 Å². The van der Waals surface area contributed by atoms with E-state index in [-0.39, 0.29) is 32.2 Å². The molecule has 4 rings (SSSR count). The predicted molar refractivity (Wildman–Crippen MR) is 92.6 cm³/mol. The van der Waals surface area contributed by atoms with E-state index in [4.69, 9.17) is 0 Å². The van der Waals surface area contributed by atoms with Crippen molar-refractivity contribution in [1.82, 2.24) is 14.5 Å². The molecule has 23 heavy (non-hydrogen) atoms. The molecule has 0 bridgehead atoms. The van der Waals surface area contributed by atoms with Crippen LogP contribution < -0.4 is 5.32 Å². The quantitative estimate of drug-likeness (QED) is 0.706. The van der Waals surface area contributed by atoms with Crippen LogP contribution in [0, 0.1) is 0 Å². The first kappa shape index (κ1) is 14.8. The Balaban J connectivity index is 1.85. The molecule has 0 amide bonds. The Bertz CT molecular complexity index is 796. The maximum atomic E-state index is 4.55. The summed E-state index contributed by atoms with van der Waals surface area (Å²) in [7, 11) is 0. The van der Waals surface area contributed by atoms with Crippen LogP contribution in [-0.4, -0.2) is 23.9 Å². The Hall–Kier alpha value is -1.74. The van der Waals surface area contributed by atoms with Crippen molar-refractivity contribution in [3.8, 4) is 0 Å². The van der Waals surface area contributed by atoms with Crippen molar-refractivity contribution < 1.29 is 0 Å². The van der Waals surface area contributed by atoms with Crippen molar-refractivity contribution in [3.05, 3.63) is 81.9 Å². The van der Waals surface area contributed by atoms with Crippen LogP contribution in [-0.2, 0) is 5.41 Å². The molecule has 4 heteroatoms. The van der Waals surface area contributed by atoms with E-state index in [0.29, 0.717) is 0 Å². The molecule has 0 radical (unpaired) electrons. The summed E-state index contributed by atoms with van der Waals surface area (Å²) in [5.41, 5.74) is 3.72. The van der Waals surface area contributed by atoms with Crippen molar-refractivity contribution in [2.75, 3.05) is 0 Å². The molecule has 116 valence electrons. The normalized spacial score (nSPS) is 22.5. The molecule has 2 heterocycles. The van der Waals surface area contributed by atoms with Gasteiger partial charge in [0.1, 0.15) is 0 Å². The Morgan fingerprint density at radius 2 is 1.52 bits per heavy atom. The monoisotopic (exact) mass is 369 g/mol. The molecule has 0 saturated carbocycles. The SMILES string of the molecule is CC1(C)c2nn[se]c2C(c2ccccc2)NC1c1ccccc1. The summed E-state index contributed by atoms with van der Waals surface area (Å²) in [6, 6.07) is 21.8. The fraction of sp³-hybridized carbons (Fsp3) is 0.263. The van der Waals surface area contributed by atoms with Gasteiger partial charge in [0.15, 0.2) is 0 Å². The predicted octanol–water partition coefficient (Wildman–Crippen LogP) is 3.25. The van der Waals surface area contributed by atoms with E-state index in [1.54, 1.807) is 0 Å². The van der Waals surface area contributed by atoms with Gasteiger partial charge in [-0.15, -0.1) is 0 Å². The number of aromatic nitrogens is 2. The molecule has 0 spiro atoms. The standard InChI is InChI=1S/C19H19N3Se/c1-19(2)17(14-11-7-4-8-12-14)20-15(13-9-5-3-6-10-13)16-18(19)21-22-23-16/h3-12,15,17,20H,1-2H3. The van der Waals surface area contributed by atoms with E-state index in [9.17, 15) is 0 Å². The molecule has 3 aromatic rings. The third-order valence-corrected chi connectivity index (χ3v) is 6.36. The first-order valence-corrected chi connectivity index (χ1v) is 9.49. The van der Waals surface area contributed by atoms with Gasteiger partial charge in [-0.3, -0.25) is 0 Å². The molecular formula is C19H19N3Se. The Labute approximate surface area is 142 Å². The van der Waals surface area contributed by atoms with E-state index < -0.39 is 0 Å². The van der Waals surface area contributed by atoms with E-state index in [0.717, 1.165) is 0 Å². The van der Waals surface area contributed by atoms with Gasteiger partial charge in [-0.1, -0.05) is 0 Å². The zero-order valence-corrected chi connectivity index (χ0v) is 14.9. The van der Waals surface area contributed by atoms with E-state index >= 15 is 0 Å². The molecule has 2 atom stereocenters. The molecule has 2 aromatic carbocycles. The summed E-state index contributed by atoms with van der Waals surface area (Å²) in [5, 5.41) is 8.44. The number of benzene rings is 2. The average Bonchev–Trinajstić information content (AvgIpc) is 3.08. The molecule has 3 nitrogen and oxygen atoms in total. The first-order chi connectivity index (χ1) is 11.2. The van der Waals surface area contributed by atoms with Crippen LogP contribution in [0.25, 0.3) is 0 Å². The van der Waals surface area contributed by atoms with Crippen molar-refractivity contribution in [2.24, 2.45) is 0 Å². The third kappa shape index (κ3) is 2.47. The van der Waals surface area contributed by atoms with Gasteiger partial charge in [-0.25, -0.2) is 0 Å². The molecule has 1 aromatic heterocycles. The summed E-state index contributed by atoms with van der Waals surface area (Å²) < 4.78 is 5.78. The fourth-order valence-corrected chi connectivity index (χ4v) is 5.38. The van der Waals surface area contributed by atoms with Crippen LogP contribution in [0.3, 0.4) is 0 Å². The van der Waals surface area contributed by atoms with Crippen molar-refractivity contribution in [3.63, 3.8) is 0 Å². The number of fused-ring (bicyclic) bond motifs is 1. The minimum absolute atomic E-state index is 0.0658. The van der Waals surface area contributed by atoms with Gasteiger partial charge in [0.2, 0.25) is 0 Å².